The lowest BCUT2D eigenvalue weighted by Gasteiger charge is -2.22. The fraction of sp³-hybridized carbons (Fsp3) is 0.769. The maximum Gasteiger partial charge on any atom is 0.318 e. The largest absolute Gasteiger partial charge is 0.381 e. The normalized spacial score (nSPS) is 22.0. The Morgan fingerprint density at radius 1 is 1.18 bits per heavy atom. The molecule has 0 aromatic rings. The second-order valence-electron chi connectivity index (χ2n) is 4.87. The van der Waals surface area contributed by atoms with E-state index in [1.165, 1.54) is 24.8 Å². The third kappa shape index (κ3) is 4.38. The van der Waals surface area contributed by atoms with Gasteiger partial charge in [0.1, 0.15) is 0 Å². The van der Waals surface area contributed by atoms with E-state index in [1.54, 1.807) is 0 Å². The van der Waals surface area contributed by atoms with E-state index in [-0.39, 0.29) is 6.03 Å². The van der Waals surface area contributed by atoms with Crippen molar-refractivity contribution in [2.24, 2.45) is 0 Å². The molecule has 1 heterocycles. The minimum atomic E-state index is -0.0594. The van der Waals surface area contributed by atoms with Crippen LogP contribution < -0.4 is 10.6 Å². The molecule has 0 spiro atoms. The molecular weight excluding hydrogens is 216 g/mol. The van der Waals surface area contributed by atoms with Crippen LogP contribution in [0.3, 0.4) is 0 Å². The first-order valence-corrected chi connectivity index (χ1v) is 6.67. The lowest BCUT2D eigenvalue weighted by molar-refractivity contribution is 0.119. The summed E-state index contributed by atoms with van der Waals surface area (Å²) >= 11 is 0. The Morgan fingerprint density at radius 3 is 2.59 bits per heavy atom. The zero-order valence-electron chi connectivity index (χ0n) is 10.3. The van der Waals surface area contributed by atoms with Gasteiger partial charge in [-0.1, -0.05) is 19.3 Å². The van der Waals surface area contributed by atoms with Crippen LogP contribution in [0.4, 0.5) is 4.79 Å². The number of nitrogens with one attached hydrogen (secondary N) is 2. The SMILES string of the molecule is O=C(NC=C1CCOCC1)NC1CCCCC1. The molecule has 0 atom stereocenters. The van der Waals surface area contributed by atoms with Crippen molar-refractivity contribution in [3.8, 4) is 0 Å². The van der Waals surface area contributed by atoms with Gasteiger partial charge in [-0.25, -0.2) is 4.79 Å². The highest BCUT2D eigenvalue weighted by molar-refractivity contribution is 5.75. The van der Waals surface area contributed by atoms with Crippen molar-refractivity contribution in [1.29, 1.82) is 0 Å². The summed E-state index contributed by atoms with van der Waals surface area (Å²) in [5.74, 6) is 0. The van der Waals surface area contributed by atoms with Crippen LogP contribution in [-0.2, 0) is 4.74 Å². The number of hydrogen-bond acceptors (Lipinski definition) is 2. The molecule has 17 heavy (non-hydrogen) atoms. The molecule has 2 aliphatic rings. The molecule has 2 N–H and O–H groups in total. The standard InChI is InChI=1S/C13H22N2O2/c16-13(15-12-4-2-1-3-5-12)14-10-11-6-8-17-9-7-11/h10,12H,1-9H2,(H2,14,15,16). The number of carbonyl (C=O) groups is 1. The third-order valence-electron chi connectivity index (χ3n) is 3.48. The fourth-order valence-corrected chi connectivity index (χ4v) is 2.42. The zero-order valence-corrected chi connectivity index (χ0v) is 10.3. The average molecular weight is 238 g/mol. The van der Waals surface area contributed by atoms with Crippen LogP contribution in [0.1, 0.15) is 44.9 Å². The highest BCUT2D eigenvalue weighted by Gasteiger charge is 2.15. The van der Waals surface area contributed by atoms with Gasteiger partial charge in [0.2, 0.25) is 0 Å². The summed E-state index contributed by atoms with van der Waals surface area (Å²) in [4.78, 5) is 11.7. The van der Waals surface area contributed by atoms with Gasteiger partial charge < -0.3 is 15.4 Å². The lowest BCUT2D eigenvalue weighted by Crippen LogP contribution is -2.41. The summed E-state index contributed by atoms with van der Waals surface area (Å²) in [5, 5.41) is 5.86. The molecule has 2 fully saturated rings. The van der Waals surface area contributed by atoms with Crippen LogP contribution in [0.25, 0.3) is 0 Å². The molecule has 0 radical (unpaired) electrons. The molecule has 1 aliphatic heterocycles. The number of rotatable bonds is 2. The Labute approximate surface area is 103 Å². The Morgan fingerprint density at radius 2 is 1.88 bits per heavy atom. The van der Waals surface area contributed by atoms with Crippen molar-refractivity contribution < 1.29 is 9.53 Å². The van der Waals surface area contributed by atoms with Crippen molar-refractivity contribution in [2.45, 2.75) is 51.0 Å². The van der Waals surface area contributed by atoms with Crippen molar-refractivity contribution in [1.82, 2.24) is 10.6 Å². The van der Waals surface area contributed by atoms with Gasteiger partial charge >= 0.3 is 6.03 Å². The Balaban J connectivity index is 1.69. The maximum atomic E-state index is 11.7. The van der Waals surface area contributed by atoms with Gasteiger partial charge in [0.05, 0.1) is 13.2 Å². The zero-order chi connectivity index (χ0) is 11.9. The molecule has 4 heteroatoms. The van der Waals surface area contributed by atoms with E-state index in [9.17, 15) is 4.79 Å². The lowest BCUT2D eigenvalue weighted by atomic mass is 9.96. The van der Waals surface area contributed by atoms with Gasteiger partial charge in [-0.3, -0.25) is 0 Å². The minimum absolute atomic E-state index is 0.0594. The second-order valence-corrected chi connectivity index (χ2v) is 4.87. The molecule has 0 aromatic carbocycles. The quantitative estimate of drug-likeness (QED) is 0.775. The van der Waals surface area contributed by atoms with E-state index in [2.05, 4.69) is 10.6 Å². The summed E-state index contributed by atoms with van der Waals surface area (Å²) in [6.45, 7) is 1.55. The Bertz CT molecular complexity index is 275. The van der Waals surface area contributed by atoms with Crippen molar-refractivity contribution in [3.63, 3.8) is 0 Å². The smallest absolute Gasteiger partial charge is 0.318 e. The molecule has 0 unspecified atom stereocenters. The molecule has 4 nitrogen and oxygen atoms in total. The highest BCUT2D eigenvalue weighted by Crippen LogP contribution is 2.17. The van der Waals surface area contributed by atoms with E-state index in [0.29, 0.717) is 6.04 Å². The predicted octanol–water partition coefficient (Wildman–Crippen LogP) is 2.31. The highest BCUT2D eigenvalue weighted by atomic mass is 16.5. The first-order valence-electron chi connectivity index (χ1n) is 6.67. The summed E-state index contributed by atoms with van der Waals surface area (Å²) in [5.41, 5.74) is 1.27. The van der Waals surface area contributed by atoms with Crippen molar-refractivity contribution in [2.75, 3.05) is 13.2 Å². The van der Waals surface area contributed by atoms with Crippen molar-refractivity contribution >= 4 is 6.03 Å². The Kier molecular flexibility index (Phi) is 4.86. The molecule has 0 aromatic heterocycles. The molecule has 2 amide bonds. The van der Waals surface area contributed by atoms with Crippen molar-refractivity contribution in [3.05, 3.63) is 11.8 Å². The molecule has 0 bridgehead atoms. The third-order valence-corrected chi connectivity index (χ3v) is 3.48. The van der Waals surface area contributed by atoms with Crippen LogP contribution in [0.2, 0.25) is 0 Å². The molecule has 1 saturated carbocycles. The van der Waals surface area contributed by atoms with Crippen LogP contribution in [0, 0.1) is 0 Å². The van der Waals surface area contributed by atoms with E-state index in [4.69, 9.17) is 4.74 Å². The summed E-state index contributed by atoms with van der Waals surface area (Å²) < 4.78 is 5.26. The molecule has 96 valence electrons. The maximum absolute atomic E-state index is 11.7. The number of hydrogen-bond donors (Lipinski definition) is 2. The van der Waals surface area contributed by atoms with Gasteiger partial charge in [0.25, 0.3) is 0 Å². The first kappa shape index (κ1) is 12.4. The molecular formula is C13H22N2O2. The van der Waals surface area contributed by atoms with Crippen LogP contribution >= 0.6 is 0 Å². The van der Waals surface area contributed by atoms with E-state index in [1.807, 2.05) is 6.20 Å². The van der Waals surface area contributed by atoms with Gasteiger partial charge in [0.15, 0.2) is 0 Å². The predicted molar refractivity (Wildman–Crippen MR) is 66.7 cm³/mol. The molecule has 1 saturated heterocycles. The summed E-state index contributed by atoms with van der Waals surface area (Å²) in [7, 11) is 0. The summed E-state index contributed by atoms with van der Waals surface area (Å²) in [6, 6.07) is 0.313. The first-order chi connectivity index (χ1) is 8.34. The van der Waals surface area contributed by atoms with Gasteiger partial charge in [-0.05, 0) is 31.3 Å². The fourth-order valence-electron chi connectivity index (χ4n) is 2.42. The van der Waals surface area contributed by atoms with Crippen LogP contribution in [0.5, 0.6) is 0 Å². The van der Waals surface area contributed by atoms with E-state index in [0.717, 1.165) is 38.9 Å². The average Bonchev–Trinajstić information content (AvgIpc) is 2.39. The Hall–Kier alpha value is -1.03. The van der Waals surface area contributed by atoms with Gasteiger partial charge in [-0.2, -0.15) is 0 Å². The van der Waals surface area contributed by atoms with Gasteiger partial charge in [0, 0.05) is 12.2 Å². The number of amides is 2. The monoisotopic (exact) mass is 238 g/mol. The summed E-state index contributed by atoms with van der Waals surface area (Å²) in [6.07, 6.45) is 9.75. The van der Waals surface area contributed by atoms with Gasteiger partial charge in [-0.15, -0.1) is 0 Å². The van der Waals surface area contributed by atoms with E-state index >= 15 is 0 Å². The topological polar surface area (TPSA) is 50.4 Å². The minimum Gasteiger partial charge on any atom is -0.381 e. The number of ether oxygens (including phenoxy) is 1. The molecule has 2 rings (SSSR count). The second kappa shape index (κ2) is 6.64. The van der Waals surface area contributed by atoms with Crippen LogP contribution in [0.15, 0.2) is 11.8 Å². The van der Waals surface area contributed by atoms with E-state index < -0.39 is 0 Å². The number of urea groups is 1. The number of carbonyl (C=O) groups excluding carboxylic acids is 1. The van der Waals surface area contributed by atoms with Crippen LogP contribution in [-0.4, -0.2) is 25.3 Å². The molecule has 1 aliphatic carbocycles.